The summed E-state index contributed by atoms with van der Waals surface area (Å²) in [4.78, 5) is 4.01. The van der Waals surface area contributed by atoms with Gasteiger partial charge in [0, 0.05) is 19.8 Å². The lowest BCUT2D eigenvalue weighted by Gasteiger charge is -2.03. The number of hydrogen-bond donors (Lipinski definition) is 0. The fourth-order valence-corrected chi connectivity index (χ4v) is 1.25. The predicted molar refractivity (Wildman–Crippen MR) is 50.7 cm³/mol. The first-order valence-corrected chi connectivity index (χ1v) is 4.92. The quantitative estimate of drug-likeness (QED) is 0.519. The third-order valence-electron chi connectivity index (χ3n) is 1.68. The minimum atomic E-state index is 0.411. The number of hydrogen-bond acceptors (Lipinski definition) is 3. The van der Waals surface area contributed by atoms with Crippen molar-refractivity contribution in [1.82, 2.24) is 14.8 Å². The second-order valence-electron chi connectivity index (χ2n) is 2.58. The first kappa shape index (κ1) is 10.5. The molecule has 1 aromatic rings. The highest BCUT2D eigenvalue weighted by Gasteiger charge is 2.01. The summed E-state index contributed by atoms with van der Waals surface area (Å²) >= 11 is 5.66. The van der Waals surface area contributed by atoms with Crippen LogP contribution < -0.4 is 0 Å². The summed E-state index contributed by atoms with van der Waals surface area (Å²) in [5, 5.41) is 4.05. The highest BCUT2D eigenvalue weighted by Crippen LogP contribution is 1.99. The molecule has 0 aliphatic rings. The number of halogens is 1. The molecule has 0 unspecified atom stereocenters. The van der Waals surface area contributed by atoms with Gasteiger partial charge in [-0.25, -0.2) is 9.67 Å². The molecule has 0 aliphatic carbocycles. The molecular formula is C8H14ClN3O. The topological polar surface area (TPSA) is 39.9 Å². The van der Waals surface area contributed by atoms with Gasteiger partial charge in [-0.2, -0.15) is 5.10 Å². The van der Waals surface area contributed by atoms with Crippen LogP contribution in [0.5, 0.6) is 0 Å². The molecule has 0 bridgehead atoms. The third-order valence-corrected chi connectivity index (χ3v) is 1.92. The Labute approximate surface area is 82.9 Å². The smallest absolute Gasteiger partial charge is 0.141 e. The fourth-order valence-electron chi connectivity index (χ4n) is 1.04. The van der Waals surface area contributed by atoms with Crippen LogP contribution in [0.15, 0.2) is 6.33 Å². The van der Waals surface area contributed by atoms with Gasteiger partial charge in [-0.1, -0.05) is 0 Å². The van der Waals surface area contributed by atoms with E-state index in [4.69, 9.17) is 16.3 Å². The summed E-state index contributed by atoms with van der Waals surface area (Å²) in [6, 6.07) is 0. The minimum Gasteiger partial charge on any atom is -0.382 e. The van der Waals surface area contributed by atoms with Gasteiger partial charge >= 0.3 is 0 Å². The minimum absolute atomic E-state index is 0.411. The lowest BCUT2D eigenvalue weighted by atomic mass is 10.4. The van der Waals surface area contributed by atoms with Crippen molar-refractivity contribution >= 4 is 11.6 Å². The summed E-state index contributed by atoms with van der Waals surface area (Å²) < 4.78 is 7.02. The van der Waals surface area contributed by atoms with Gasteiger partial charge in [0.1, 0.15) is 12.2 Å². The van der Waals surface area contributed by atoms with Crippen molar-refractivity contribution in [1.29, 1.82) is 0 Å². The van der Waals surface area contributed by atoms with E-state index in [-0.39, 0.29) is 0 Å². The molecule has 0 fully saturated rings. The van der Waals surface area contributed by atoms with Crippen molar-refractivity contribution in [3.8, 4) is 0 Å². The van der Waals surface area contributed by atoms with E-state index in [1.807, 2.05) is 11.6 Å². The molecule has 1 heterocycles. The van der Waals surface area contributed by atoms with Crippen LogP contribution in [-0.4, -0.2) is 28.0 Å². The summed E-state index contributed by atoms with van der Waals surface area (Å²) in [6.07, 6.45) is 2.47. The summed E-state index contributed by atoms with van der Waals surface area (Å²) in [7, 11) is 0. The maximum absolute atomic E-state index is 5.66. The zero-order valence-corrected chi connectivity index (χ0v) is 8.50. The van der Waals surface area contributed by atoms with Crippen molar-refractivity contribution < 1.29 is 4.74 Å². The van der Waals surface area contributed by atoms with Gasteiger partial charge < -0.3 is 4.74 Å². The molecule has 13 heavy (non-hydrogen) atoms. The maximum Gasteiger partial charge on any atom is 0.141 e. The van der Waals surface area contributed by atoms with Crippen LogP contribution in [0, 0.1) is 0 Å². The van der Waals surface area contributed by atoms with Gasteiger partial charge in [-0.05, 0) is 13.3 Å². The van der Waals surface area contributed by atoms with Crippen LogP contribution in [0.3, 0.4) is 0 Å². The van der Waals surface area contributed by atoms with Gasteiger partial charge in [0.25, 0.3) is 0 Å². The van der Waals surface area contributed by atoms with E-state index in [1.54, 1.807) is 0 Å². The molecule has 0 atom stereocenters. The van der Waals surface area contributed by atoms with Crippen LogP contribution >= 0.6 is 11.6 Å². The second-order valence-corrected chi connectivity index (χ2v) is 2.85. The maximum atomic E-state index is 5.66. The summed E-state index contributed by atoms with van der Waals surface area (Å²) in [5.41, 5.74) is 0. The third kappa shape index (κ3) is 3.32. The van der Waals surface area contributed by atoms with Gasteiger partial charge in [0.15, 0.2) is 0 Å². The zero-order chi connectivity index (χ0) is 9.52. The van der Waals surface area contributed by atoms with E-state index in [2.05, 4.69) is 10.1 Å². The number of aromatic nitrogens is 3. The van der Waals surface area contributed by atoms with Crippen molar-refractivity contribution in [2.45, 2.75) is 25.8 Å². The molecule has 0 spiro atoms. The van der Waals surface area contributed by atoms with Gasteiger partial charge in [-0.15, -0.1) is 11.6 Å². The standard InChI is InChI=1S/C8H14ClN3O/c1-2-13-5-3-4-12-8(6-9)10-7-11-12/h7H,2-6H2,1H3. The summed E-state index contributed by atoms with van der Waals surface area (Å²) in [5.74, 6) is 1.23. The Bertz CT molecular complexity index is 239. The average molecular weight is 204 g/mol. The molecule has 4 nitrogen and oxygen atoms in total. The highest BCUT2D eigenvalue weighted by molar-refractivity contribution is 6.16. The molecule has 0 aliphatic heterocycles. The number of ether oxygens (including phenoxy) is 1. The Morgan fingerprint density at radius 3 is 3.15 bits per heavy atom. The van der Waals surface area contributed by atoms with Crippen molar-refractivity contribution in [2.75, 3.05) is 13.2 Å². The molecule has 5 heteroatoms. The second kappa shape index (κ2) is 5.94. The Morgan fingerprint density at radius 2 is 2.46 bits per heavy atom. The lowest BCUT2D eigenvalue weighted by molar-refractivity contribution is 0.140. The summed E-state index contributed by atoms with van der Waals surface area (Å²) in [6.45, 7) is 4.33. The number of rotatable bonds is 6. The van der Waals surface area contributed by atoms with Crippen LogP contribution in [0.25, 0.3) is 0 Å². The molecular weight excluding hydrogens is 190 g/mol. The molecule has 0 N–H and O–H groups in total. The molecule has 1 rings (SSSR count). The van der Waals surface area contributed by atoms with E-state index in [0.717, 1.165) is 32.0 Å². The molecule has 0 amide bonds. The molecule has 0 radical (unpaired) electrons. The van der Waals surface area contributed by atoms with Crippen LogP contribution in [0.4, 0.5) is 0 Å². The zero-order valence-electron chi connectivity index (χ0n) is 7.74. The van der Waals surface area contributed by atoms with Crippen molar-refractivity contribution in [2.24, 2.45) is 0 Å². The van der Waals surface area contributed by atoms with Gasteiger partial charge in [0.2, 0.25) is 0 Å². The molecule has 1 aromatic heterocycles. The van der Waals surface area contributed by atoms with Gasteiger partial charge in [0.05, 0.1) is 5.88 Å². The predicted octanol–water partition coefficient (Wildman–Crippen LogP) is 1.44. The largest absolute Gasteiger partial charge is 0.382 e. The lowest BCUT2D eigenvalue weighted by Crippen LogP contribution is -2.07. The molecule has 0 aromatic carbocycles. The number of aryl methyl sites for hydroxylation is 1. The number of alkyl halides is 1. The monoisotopic (exact) mass is 203 g/mol. The number of nitrogens with zero attached hydrogens (tertiary/aromatic N) is 3. The SMILES string of the molecule is CCOCCCn1ncnc1CCl. The molecule has 0 saturated carbocycles. The first-order valence-electron chi connectivity index (χ1n) is 4.39. The first-order chi connectivity index (χ1) is 6.38. The van der Waals surface area contributed by atoms with E-state index in [1.165, 1.54) is 6.33 Å². The van der Waals surface area contributed by atoms with Crippen molar-refractivity contribution in [3.05, 3.63) is 12.2 Å². The molecule has 74 valence electrons. The normalized spacial score (nSPS) is 10.6. The van der Waals surface area contributed by atoms with Crippen LogP contribution in [0.1, 0.15) is 19.2 Å². The van der Waals surface area contributed by atoms with E-state index in [9.17, 15) is 0 Å². The Hall–Kier alpha value is -0.610. The van der Waals surface area contributed by atoms with E-state index >= 15 is 0 Å². The Balaban J connectivity index is 2.27. The van der Waals surface area contributed by atoms with Crippen LogP contribution in [-0.2, 0) is 17.2 Å². The Morgan fingerprint density at radius 1 is 1.62 bits per heavy atom. The highest BCUT2D eigenvalue weighted by atomic mass is 35.5. The molecule has 0 saturated heterocycles. The van der Waals surface area contributed by atoms with Crippen molar-refractivity contribution in [3.63, 3.8) is 0 Å². The Kier molecular flexibility index (Phi) is 4.78. The van der Waals surface area contributed by atoms with Gasteiger partial charge in [-0.3, -0.25) is 0 Å². The fraction of sp³-hybridized carbons (Fsp3) is 0.750. The van der Waals surface area contributed by atoms with E-state index < -0.39 is 0 Å². The van der Waals surface area contributed by atoms with E-state index in [0.29, 0.717) is 5.88 Å². The average Bonchev–Trinajstić information content (AvgIpc) is 2.60. The van der Waals surface area contributed by atoms with Crippen LogP contribution in [0.2, 0.25) is 0 Å².